The molecule has 1 heteroatoms. The first-order chi connectivity index (χ1) is 6.33. The van der Waals surface area contributed by atoms with Gasteiger partial charge in [-0.2, -0.15) is 0 Å². The van der Waals surface area contributed by atoms with E-state index in [1.54, 1.807) is 0 Å². The third kappa shape index (κ3) is 5.05. The molecule has 0 aliphatic heterocycles. The van der Waals surface area contributed by atoms with Crippen molar-refractivity contribution in [2.24, 2.45) is 11.8 Å². The second-order valence-electron chi connectivity index (χ2n) is 4.66. The van der Waals surface area contributed by atoms with Crippen LogP contribution >= 0.6 is 15.9 Å². The Bertz CT molecular complexity index is 116. The predicted octanol–water partition coefficient (Wildman–Crippen LogP) is 4.77. The first kappa shape index (κ1) is 11.6. The topological polar surface area (TPSA) is 0 Å². The van der Waals surface area contributed by atoms with Crippen molar-refractivity contribution in [3.8, 4) is 0 Å². The molecule has 0 aromatic rings. The molecule has 0 amide bonds. The van der Waals surface area contributed by atoms with Crippen molar-refractivity contribution in [1.82, 2.24) is 0 Å². The number of hydrogen-bond acceptors (Lipinski definition) is 0. The van der Waals surface area contributed by atoms with Crippen LogP contribution in [0.4, 0.5) is 0 Å². The van der Waals surface area contributed by atoms with Crippen molar-refractivity contribution in [2.45, 2.75) is 58.3 Å². The van der Waals surface area contributed by atoms with E-state index in [0.29, 0.717) is 0 Å². The molecule has 1 fully saturated rings. The van der Waals surface area contributed by atoms with Crippen molar-refractivity contribution < 1.29 is 0 Å². The van der Waals surface area contributed by atoms with Crippen LogP contribution < -0.4 is 0 Å². The van der Waals surface area contributed by atoms with Gasteiger partial charge in [0.05, 0.1) is 0 Å². The van der Waals surface area contributed by atoms with Gasteiger partial charge < -0.3 is 0 Å². The van der Waals surface area contributed by atoms with Gasteiger partial charge in [-0.3, -0.25) is 0 Å². The Kier molecular flexibility index (Phi) is 6.10. The fraction of sp³-hybridized carbons (Fsp3) is 1.00. The minimum absolute atomic E-state index is 0.932. The van der Waals surface area contributed by atoms with Crippen LogP contribution in [0.1, 0.15) is 58.3 Å². The highest BCUT2D eigenvalue weighted by Crippen LogP contribution is 2.29. The molecule has 1 saturated carbocycles. The van der Waals surface area contributed by atoms with Crippen LogP contribution in [-0.4, -0.2) is 5.33 Å². The summed E-state index contributed by atoms with van der Waals surface area (Å²) in [4.78, 5) is 0. The Balaban J connectivity index is 2.03. The fourth-order valence-electron chi connectivity index (χ4n) is 2.33. The van der Waals surface area contributed by atoms with Gasteiger partial charge in [0, 0.05) is 5.33 Å². The maximum absolute atomic E-state index is 3.52. The number of alkyl halides is 1. The predicted molar refractivity (Wildman–Crippen MR) is 63.4 cm³/mol. The van der Waals surface area contributed by atoms with Gasteiger partial charge in [-0.25, -0.2) is 0 Å². The van der Waals surface area contributed by atoms with Crippen LogP contribution in [0.15, 0.2) is 0 Å². The second-order valence-corrected chi connectivity index (χ2v) is 5.46. The molecule has 0 N–H and O–H groups in total. The lowest BCUT2D eigenvalue weighted by atomic mass is 9.84. The zero-order valence-electron chi connectivity index (χ0n) is 8.90. The van der Waals surface area contributed by atoms with E-state index in [4.69, 9.17) is 0 Å². The first-order valence-electron chi connectivity index (χ1n) is 5.89. The van der Waals surface area contributed by atoms with Gasteiger partial charge in [-0.1, -0.05) is 67.8 Å². The van der Waals surface area contributed by atoms with Crippen LogP contribution in [0.2, 0.25) is 0 Å². The van der Waals surface area contributed by atoms with Crippen LogP contribution in [0, 0.1) is 11.8 Å². The van der Waals surface area contributed by atoms with E-state index in [9.17, 15) is 0 Å². The smallest absolute Gasteiger partial charge is 0.00338 e. The van der Waals surface area contributed by atoms with Gasteiger partial charge in [0.1, 0.15) is 0 Å². The van der Waals surface area contributed by atoms with Gasteiger partial charge in [0.25, 0.3) is 0 Å². The molecule has 1 aliphatic carbocycles. The zero-order chi connectivity index (χ0) is 9.52. The van der Waals surface area contributed by atoms with Crippen molar-refractivity contribution in [1.29, 1.82) is 0 Å². The molecule has 1 atom stereocenters. The molecule has 78 valence electrons. The minimum atomic E-state index is 0.932. The van der Waals surface area contributed by atoms with Gasteiger partial charge >= 0.3 is 0 Å². The van der Waals surface area contributed by atoms with Crippen LogP contribution in [0.3, 0.4) is 0 Å². The van der Waals surface area contributed by atoms with Crippen molar-refractivity contribution in [3.05, 3.63) is 0 Å². The van der Waals surface area contributed by atoms with Gasteiger partial charge in [-0.15, -0.1) is 0 Å². The molecular weight excluding hydrogens is 224 g/mol. The number of rotatable bonds is 5. The quantitative estimate of drug-likeness (QED) is 0.614. The molecular formula is C12H23Br. The molecule has 0 radical (unpaired) electrons. The molecule has 0 nitrogen and oxygen atoms in total. The van der Waals surface area contributed by atoms with Gasteiger partial charge in [0.15, 0.2) is 0 Å². The summed E-state index contributed by atoms with van der Waals surface area (Å²) in [5.74, 6) is 2.01. The third-order valence-electron chi connectivity index (χ3n) is 3.39. The van der Waals surface area contributed by atoms with Crippen molar-refractivity contribution in [3.63, 3.8) is 0 Å². The fourth-order valence-corrected chi connectivity index (χ4v) is 3.11. The Morgan fingerprint density at radius 2 is 1.85 bits per heavy atom. The molecule has 0 aromatic heterocycles. The van der Waals surface area contributed by atoms with Crippen LogP contribution in [0.5, 0.6) is 0 Å². The Hall–Kier alpha value is 0.480. The van der Waals surface area contributed by atoms with Crippen LogP contribution in [0.25, 0.3) is 0 Å². The molecule has 0 bridgehead atoms. The lowest BCUT2D eigenvalue weighted by molar-refractivity contribution is 0.311. The van der Waals surface area contributed by atoms with E-state index >= 15 is 0 Å². The number of halogens is 1. The zero-order valence-corrected chi connectivity index (χ0v) is 10.5. The SMILES string of the molecule is C[C@@H](CCBr)CCC1CCCCC1. The van der Waals surface area contributed by atoms with Crippen molar-refractivity contribution in [2.75, 3.05) is 5.33 Å². The Morgan fingerprint density at radius 1 is 1.15 bits per heavy atom. The third-order valence-corrected chi connectivity index (χ3v) is 3.85. The molecule has 1 rings (SSSR count). The largest absolute Gasteiger partial charge is 0.0928 e. The van der Waals surface area contributed by atoms with E-state index in [1.165, 1.54) is 56.7 Å². The summed E-state index contributed by atoms with van der Waals surface area (Å²) in [6.45, 7) is 2.39. The lowest BCUT2D eigenvalue weighted by Gasteiger charge is -2.22. The second kappa shape index (κ2) is 6.86. The summed E-state index contributed by atoms with van der Waals surface area (Å²) >= 11 is 3.52. The lowest BCUT2D eigenvalue weighted by Crippen LogP contribution is -2.08. The highest BCUT2D eigenvalue weighted by Gasteiger charge is 2.13. The average Bonchev–Trinajstić information content (AvgIpc) is 2.17. The minimum Gasteiger partial charge on any atom is -0.0928 e. The summed E-state index contributed by atoms with van der Waals surface area (Å²) in [5, 5.41) is 1.18. The Labute approximate surface area is 91.6 Å². The molecule has 0 unspecified atom stereocenters. The summed E-state index contributed by atoms with van der Waals surface area (Å²) < 4.78 is 0. The molecule has 0 saturated heterocycles. The Morgan fingerprint density at radius 3 is 2.46 bits per heavy atom. The highest BCUT2D eigenvalue weighted by molar-refractivity contribution is 9.09. The summed E-state index contributed by atoms with van der Waals surface area (Å²) in [7, 11) is 0. The normalized spacial score (nSPS) is 21.7. The van der Waals surface area contributed by atoms with E-state index in [1.807, 2.05) is 0 Å². The first-order valence-corrected chi connectivity index (χ1v) is 7.01. The standard InChI is InChI=1S/C12H23Br/c1-11(9-10-13)7-8-12-5-3-2-4-6-12/h11-12H,2-10H2,1H3/t11-/m1/s1. The molecule has 13 heavy (non-hydrogen) atoms. The maximum Gasteiger partial charge on any atom is 0.00338 e. The number of hydrogen-bond donors (Lipinski definition) is 0. The molecule has 0 spiro atoms. The van der Waals surface area contributed by atoms with E-state index in [-0.39, 0.29) is 0 Å². The monoisotopic (exact) mass is 246 g/mol. The molecule has 0 aromatic carbocycles. The maximum atomic E-state index is 3.52. The van der Waals surface area contributed by atoms with Crippen molar-refractivity contribution >= 4 is 15.9 Å². The van der Waals surface area contributed by atoms with E-state index in [0.717, 1.165) is 11.8 Å². The average molecular weight is 247 g/mol. The summed E-state index contributed by atoms with van der Waals surface area (Å²) in [5.41, 5.74) is 0. The van der Waals surface area contributed by atoms with E-state index in [2.05, 4.69) is 22.9 Å². The molecule has 1 aliphatic rings. The van der Waals surface area contributed by atoms with Gasteiger partial charge in [-0.05, 0) is 18.3 Å². The van der Waals surface area contributed by atoms with Gasteiger partial charge in [0.2, 0.25) is 0 Å². The molecule has 0 heterocycles. The van der Waals surface area contributed by atoms with E-state index < -0.39 is 0 Å². The van der Waals surface area contributed by atoms with Crippen LogP contribution in [-0.2, 0) is 0 Å². The summed E-state index contributed by atoms with van der Waals surface area (Å²) in [6.07, 6.45) is 11.8. The highest BCUT2D eigenvalue weighted by atomic mass is 79.9. The summed E-state index contributed by atoms with van der Waals surface area (Å²) in [6, 6.07) is 0.